The Morgan fingerprint density at radius 2 is 2.11 bits per heavy atom. The van der Waals surface area contributed by atoms with E-state index < -0.39 is 12.3 Å². The lowest BCUT2D eigenvalue weighted by Gasteiger charge is -2.34. The second kappa shape index (κ2) is 6.69. The predicted octanol–water partition coefficient (Wildman–Crippen LogP) is 2.92. The summed E-state index contributed by atoms with van der Waals surface area (Å²) < 4.78 is 10.9. The van der Waals surface area contributed by atoms with E-state index in [-0.39, 0.29) is 11.7 Å². The van der Waals surface area contributed by atoms with E-state index >= 15 is 0 Å². The summed E-state index contributed by atoms with van der Waals surface area (Å²) in [6.45, 7) is 9.52. The van der Waals surface area contributed by atoms with Crippen molar-refractivity contribution in [2.45, 2.75) is 52.4 Å². The summed E-state index contributed by atoms with van der Waals surface area (Å²) in [5, 5.41) is 6.93. The molecule has 4 atom stereocenters. The fourth-order valence-corrected chi connectivity index (χ4v) is 2.23. The van der Waals surface area contributed by atoms with Crippen LogP contribution in [0, 0.1) is 17.2 Å². The SMILES string of the molecule is C=C(C=N)C(=O)OC(C)OC1CC(C)CCC1C. The van der Waals surface area contributed by atoms with Gasteiger partial charge in [-0.25, -0.2) is 4.79 Å². The summed E-state index contributed by atoms with van der Waals surface area (Å²) >= 11 is 0. The zero-order chi connectivity index (χ0) is 13.7. The maximum atomic E-state index is 11.4. The normalized spacial score (nSPS) is 29.4. The largest absolute Gasteiger partial charge is 0.432 e. The van der Waals surface area contributed by atoms with E-state index in [1.807, 2.05) is 0 Å². The van der Waals surface area contributed by atoms with Crippen molar-refractivity contribution in [3.63, 3.8) is 0 Å². The Balaban J connectivity index is 2.43. The van der Waals surface area contributed by atoms with Crippen molar-refractivity contribution in [3.8, 4) is 0 Å². The third kappa shape index (κ3) is 4.26. The highest BCUT2D eigenvalue weighted by Crippen LogP contribution is 2.31. The summed E-state index contributed by atoms with van der Waals surface area (Å²) in [5.41, 5.74) is 0.0375. The number of ether oxygens (including phenoxy) is 2. The maximum Gasteiger partial charge on any atom is 0.341 e. The molecule has 0 spiro atoms. The van der Waals surface area contributed by atoms with Crippen molar-refractivity contribution in [3.05, 3.63) is 12.2 Å². The first-order chi connectivity index (χ1) is 8.43. The standard InChI is InChI=1S/C14H23NO3/c1-9-5-6-10(2)13(7-9)17-12(4)18-14(16)11(3)8-15/h8-10,12-13,15H,3,5-7H2,1-2,4H3. The van der Waals surface area contributed by atoms with E-state index in [9.17, 15) is 4.79 Å². The van der Waals surface area contributed by atoms with E-state index in [1.54, 1.807) is 6.92 Å². The average molecular weight is 253 g/mol. The lowest BCUT2D eigenvalue weighted by atomic mass is 9.82. The second-order valence-electron chi connectivity index (χ2n) is 5.21. The topological polar surface area (TPSA) is 59.4 Å². The van der Waals surface area contributed by atoms with Gasteiger partial charge in [0.05, 0.1) is 11.7 Å². The first-order valence-corrected chi connectivity index (χ1v) is 6.49. The third-order valence-corrected chi connectivity index (χ3v) is 3.46. The predicted molar refractivity (Wildman–Crippen MR) is 70.5 cm³/mol. The lowest BCUT2D eigenvalue weighted by molar-refractivity contribution is -0.189. The molecule has 0 radical (unpaired) electrons. The van der Waals surface area contributed by atoms with Crippen molar-refractivity contribution in [2.75, 3.05) is 0 Å². The first-order valence-electron chi connectivity index (χ1n) is 6.49. The van der Waals surface area contributed by atoms with Gasteiger partial charge in [0.2, 0.25) is 6.29 Å². The molecule has 102 valence electrons. The van der Waals surface area contributed by atoms with Crippen LogP contribution >= 0.6 is 0 Å². The maximum absolute atomic E-state index is 11.4. The number of esters is 1. The number of hydrogen-bond acceptors (Lipinski definition) is 4. The van der Waals surface area contributed by atoms with E-state index in [1.165, 1.54) is 6.42 Å². The number of carbonyl (C=O) groups is 1. The van der Waals surface area contributed by atoms with E-state index in [0.29, 0.717) is 11.8 Å². The number of nitrogens with one attached hydrogen (secondary N) is 1. The first kappa shape index (κ1) is 14.9. The average Bonchev–Trinajstić information content (AvgIpc) is 2.32. The van der Waals surface area contributed by atoms with Gasteiger partial charge in [-0.15, -0.1) is 0 Å². The molecule has 18 heavy (non-hydrogen) atoms. The van der Waals surface area contributed by atoms with E-state index in [4.69, 9.17) is 14.9 Å². The molecule has 1 N–H and O–H groups in total. The molecule has 1 saturated carbocycles. The Labute approximate surface area is 109 Å². The van der Waals surface area contributed by atoms with Gasteiger partial charge >= 0.3 is 5.97 Å². The number of carbonyl (C=O) groups excluding carboxylic acids is 1. The van der Waals surface area contributed by atoms with Gasteiger partial charge in [-0.2, -0.15) is 0 Å². The van der Waals surface area contributed by atoms with Gasteiger partial charge in [-0.3, -0.25) is 0 Å². The summed E-state index contributed by atoms with van der Waals surface area (Å²) in [7, 11) is 0. The molecule has 4 nitrogen and oxygen atoms in total. The van der Waals surface area contributed by atoms with Gasteiger partial charge < -0.3 is 14.9 Å². The van der Waals surface area contributed by atoms with Crippen LogP contribution in [0.3, 0.4) is 0 Å². The molecule has 1 aliphatic carbocycles. The minimum atomic E-state index is -0.591. The van der Waals surface area contributed by atoms with Crippen LogP contribution in [0.1, 0.15) is 40.0 Å². The molecule has 4 unspecified atom stereocenters. The summed E-state index contributed by atoms with van der Waals surface area (Å²) in [6.07, 6.45) is 3.84. The molecule has 1 aliphatic rings. The molecule has 0 bridgehead atoms. The minimum absolute atomic E-state index is 0.0375. The van der Waals surface area contributed by atoms with Crippen LogP contribution in [0.15, 0.2) is 12.2 Å². The zero-order valence-electron chi connectivity index (χ0n) is 11.4. The highest BCUT2D eigenvalue weighted by molar-refractivity contribution is 6.07. The summed E-state index contributed by atoms with van der Waals surface area (Å²) in [4.78, 5) is 11.4. The lowest BCUT2D eigenvalue weighted by Crippen LogP contribution is -2.34. The fourth-order valence-electron chi connectivity index (χ4n) is 2.23. The van der Waals surface area contributed by atoms with Gasteiger partial charge in [0.1, 0.15) is 0 Å². The zero-order valence-corrected chi connectivity index (χ0v) is 11.4. The van der Waals surface area contributed by atoms with Gasteiger partial charge in [0.15, 0.2) is 0 Å². The Kier molecular flexibility index (Phi) is 5.54. The van der Waals surface area contributed by atoms with Crippen LogP contribution in [0.2, 0.25) is 0 Å². The fraction of sp³-hybridized carbons (Fsp3) is 0.714. The molecule has 0 saturated heterocycles. The highest BCUT2D eigenvalue weighted by atomic mass is 16.7. The highest BCUT2D eigenvalue weighted by Gasteiger charge is 2.28. The van der Waals surface area contributed by atoms with Crippen molar-refractivity contribution >= 4 is 12.2 Å². The Morgan fingerprint density at radius 3 is 2.72 bits per heavy atom. The molecule has 0 amide bonds. The Bertz CT molecular complexity index is 327. The monoisotopic (exact) mass is 253 g/mol. The van der Waals surface area contributed by atoms with Gasteiger partial charge in [0.25, 0.3) is 0 Å². The number of hydrogen-bond donors (Lipinski definition) is 1. The van der Waals surface area contributed by atoms with Gasteiger partial charge in [0, 0.05) is 6.21 Å². The second-order valence-corrected chi connectivity index (χ2v) is 5.21. The van der Waals surface area contributed by atoms with Crippen LogP contribution in [-0.4, -0.2) is 24.6 Å². The van der Waals surface area contributed by atoms with Crippen LogP contribution in [0.5, 0.6) is 0 Å². The molecular weight excluding hydrogens is 230 g/mol. The van der Waals surface area contributed by atoms with Crippen molar-refractivity contribution in [2.24, 2.45) is 11.8 Å². The van der Waals surface area contributed by atoms with Crippen LogP contribution < -0.4 is 0 Å². The van der Waals surface area contributed by atoms with E-state index in [0.717, 1.165) is 19.1 Å². The van der Waals surface area contributed by atoms with Gasteiger partial charge in [-0.05, 0) is 31.6 Å². The minimum Gasteiger partial charge on any atom is -0.432 e. The molecule has 0 aliphatic heterocycles. The molecule has 0 aromatic carbocycles. The number of rotatable bonds is 5. The Hall–Kier alpha value is -1.16. The molecule has 0 aromatic rings. The summed E-state index contributed by atoms with van der Waals surface area (Å²) in [5.74, 6) is 0.563. The molecule has 0 heterocycles. The molecule has 0 aromatic heterocycles. The van der Waals surface area contributed by atoms with Crippen molar-refractivity contribution in [1.82, 2.24) is 0 Å². The molecule has 1 fully saturated rings. The molecular formula is C14H23NO3. The summed E-state index contributed by atoms with van der Waals surface area (Å²) in [6, 6.07) is 0. The third-order valence-electron chi connectivity index (χ3n) is 3.46. The van der Waals surface area contributed by atoms with Crippen molar-refractivity contribution < 1.29 is 14.3 Å². The van der Waals surface area contributed by atoms with Gasteiger partial charge in [-0.1, -0.05) is 26.8 Å². The van der Waals surface area contributed by atoms with Crippen LogP contribution in [-0.2, 0) is 14.3 Å². The van der Waals surface area contributed by atoms with E-state index in [2.05, 4.69) is 20.4 Å². The molecule has 1 rings (SSSR count). The van der Waals surface area contributed by atoms with Crippen molar-refractivity contribution in [1.29, 1.82) is 5.41 Å². The Morgan fingerprint density at radius 1 is 1.44 bits per heavy atom. The molecule has 4 heteroatoms. The van der Waals surface area contributed by atoms with Crippen LogP contribution in [0.4, 0.5) is 0 Å². The smallest absolute Gasteiger partial charge is 0.341 e. The van der Waals surface area contributed by atoms with Crippen LogP contribution in [0.25, 0.3) is 0 Å². The quantitative estimate of drug-likeness (QED) is 0.355.